The normalized spacial score (nSPS) is 10.3. The van der Waals surface area contributed by atoms with E-state index in [-0.39, 0.29) is 5.91 Å². The fourth-order valence-corrected chi connectivity index (χ4v) is 2.21. The molecule has 0 fully saturated rings. The number of carbonyl (C=O) groups excluding carboxylic acids is 1. The third kappa shape index (κ3) is 5.38. The lowest BCUT2D eigenvalue weighted by atomic mass is 10.2. The molecule has 0 saturated carbocycles. The summed E-state index contributed by atoms with van der Waals surface area (Å²) in [5.41, 5.74) is 1.69. The number of benzene rings is 1. The summed E-state index contributed by atoms with van der Waals surface area (Å²) in [5.74, 6) is 0.732. The number of hydrogen-bond acceptors (Lipinski definition) is 4. The number of aromatic nitrogens is 1. The van der Waals surface area contributed by atoms with Crippen molar-refractivity contribution in [1.29, 1.82) is 0 Å². The second-order valence-corrected chi connectivity index (χ2v) is 5.35. The average Bonchev–Trinajstić information content (AvgIpc) is 2.59. The zero-order valence-electron chi connectivity index (χ0n) is 13.7. The summed E-state index contributed by atoms with van der Waals surface area (Å²) in [6.07, 6.45) is 2.53. The first-order valence-corrected chi connectivity index (χ1v) is 7.69. The molecule has 0 saturated heterocycles. The highest BCUT2D eigenvalue weighted by molar-refractivity contribution is 5.93. The molecule has 0 bridgehead atoms. The van der Waals surface area contributed by atoms with E-state index in [1.54, 1.807) is 31.3 Å². The number of nitrogens with one attached hydrogen (secondary N) is 1. The first-order valence-electron chi connectivity index (χ1n) is 7.69. The highest BCUT2D eigenvalue weighted by Gasteiger charge is 2.12. The van der Waals surface area contributed by atoms with Gasteiger partial charge < -0.3 is 15.0 Å². The number of carbonyl (C=O) groups is 1. The van der Waals surface area contributed by atoms with E-state index in [2.05, 4.69) is 10.3 Å². The van der Waals surface area contributed by atoms with Gasteiger partial charge in [-0.3, -0.25) is 4.79 Å². The third-order valence-corrected chi connectivity index (χ3v) is 3.45. The standard InChI is InChI=1S/C18H23N3O2/c1-21(14-15-7-4-3-5-8-15)18(22)16-9-10-17(20-13-16)19-11-6-12-23-2/h3-5,7-10,13H,6,11-12,14H2,1-2H3,(H,19,20). The van der Waals surface area contributed by atoms with Crippen LogP contribution in [-0.2, 0) is 11.3 Å². The van der Waals surface area contributed by atoms with Gasteiger partial charge in [-0.1, -0.05) is 30.3 Å². The molecule has 5 heteroatoms. The minimum atomic E-state index is -0.0349. The summed E-state index contributed by atoms with van der Waals surface area (Å²) in [7, 11) is 3.48. The smallest absolute Gasteiger partial charge is 0.255 e. The van der Waals surface area contributed by atoms with Crippen molar-refractivity contribution < 1.29 is 9.53 Å². The van der Waals surface area contributed by atoms with Crippen LogP contribution in [0.3, 0.4) is 0 Å². The summed E-state index contributed by atoms with van der Waals surface area (Å²) in [4.78, 5) is 18.4. The molecule has 0 atom stereocenters. The Morgan fingerprint density at radius 2 is 2.00 bits per heavy atom. The molecule has 1 amide bonds. The Balaban J connectivity index is 1.89. The third-order valence-electron chi connectivity index (χ3n) is 3.45. The lowest BCUT2D eigenvalue weighted by Crippen LogP contribution is -2.26. The Morgan fingerprint density at radius 1 is 1.22 bits per heavy atom. The molecule has 0 aliphatic carbocycles. The number of pyridine rings is 1. The highest BCUT2D eigenvalue weighted by atomic mass is 16.5. The number of nitrogens with zero attached hydrogens (tertiary/aromatic N) is 2. The maximum Gasteiger partial charge on any atom is 0.255 e. The van der Waals surface area contributed by atoms with E-state index < -0.39 is 0 Å². The van der Waals surface area contributed by atoms with Gasteiger partial charge in [0.05, 0.1) is 5.56 Å². The van der Waals surface area contributed by atoms with Crippen LogP contribution in [-0.4, -0.2) is 43.1 Å². The van der Waals surface area contributed by atoms with Crippen molar-refractivity contribution in [2.45, 2.75) is 13.0 Å². The molecular formula is C18H23N3O2. The van der Waals surface area contributed by atoms with Gasteiger partial charge in [-0.05, 0) is 24.1 Å². The summed E-state index contributed by atoms with van der Waals surface area (Å²) in [6, 6.07) is 13.6. The number of rotatable bonds is 8. The molecule has 2 aromatic rings. The number of anilines is 1. The van der Waals surface area contributed by atoms with E-state index in [0.29, 0.717) is 18.7 Å². The molecule has 1 aromatic heterocycles. The van der Waals surface area contributed by atoms with Crippen LogP contribution in [0, 0.1) is 0 Å². The van der Waals surface area contributed by atoms with Crippen LogP contribution in [0.4, 0.5) is 5.82 Å². The van der Waals surface area contributed by atoms with E-state index in [9.17, 15) is 4.79 Å². The van der Waals surface area contributed by atoms with E-state index in [0.717, 1.165) is 24.3 Å². The number of methoxy groups -OCH3 is 1. The van der Waals surface area contributed by atoms with Gasteiger partial charge in [0.15, 0.2) is 0 Å². The van der Waals surface area contributed by atoms with Crippen LogP contribution in [0.5, 0.6) is 0 Å². The summed E-state index contributed by atoms with van der Waals surface area (Å²) in [5, 5.41) is 3.20. The maximum atomic E-state index is 12.4. The lowest BCUT2D eigenvalue weighted by Gasteiger charge is -2.17. The Kier molecular flexibility index (Phi) is 6.56. The first-order chi connectivity index (χ1) is 11.2. The topological polar surface area (TPSA) is 54.5 Å². The van der Waals surface area contributed by atoms with Crippen LogP contribution in [0.2, 0.25) is 0 Å². The Hall–Kier alpha value is -2.40. The van der Waals surface area contributed by atoms with E-state index in [1.165, 1.54) is 0 Å². The largest absolute Gasteiger partial charge is 0.385 e. The van der Waals surface area contributed by atoms with Crippen LogP contribution in [0.1, 0.15) is 22.3 Å². The molecule has 0 aliphatic heterocycles. The van der Waals surface area contributed by atoms with Crippen LogP contribution in [0.25, 0.3) is 0 Å². The molecule has 122 valence electrons. The SMILES string of the molecule is COCCCNc1ccc(C(=O)N(C)Cc2ccccc2)cn1. The predicted molar refractivity (Wildman–Crippen MR) is 91.5 cm³/mol. The van der Waals surface area contributed by atoms with Crippen molar-refractivity contribution in [2.75, 3.05) is 32.6 Å². The van der Waals surface area contributed by atoms with E-state index in [1.807, 2.05) is 36.4 Å². The predicted octanol–water partition coefficient (Wildman–Crippen LogP) is 2.80. The quantitative estimate of drug-likeness (QED) is 0.761. The van der Waals surface area contributed by atoms with Crippen LogP contribution < -0.4 is 5.32 Å². The van der Waals surface area contributed by atoms with Gasteiger partial charge in [-0.2, -0.15) is 0 Å². The van der Waals surface area contributed by atoms with Gasteiger partial charge in [-0.15, -0.1) is 0 Å². The second-order valence-electron chi connectivity index (χ2n) is 5.35. The molecule has 0 unspecified atom stereocenters. The highest BCUT2D eigenvalue weighted by Crippen LogP contribution is 2.10. The molecule has 1 aromatic carbocycles. The summed E-state index contributed by atoms with van der Waals surface area (Å²) in [6.45, 7) is 2.09. The molecule has 0 radical (unpaired) electrons. The minimum Gasteiger partial charge on any atom is -0.385 e. The summed E-state index contributed by atoms with van der Waals surface area (Å²) >= 11 is 0. The molecule has 1 heterocycles. The Bertz CT molecular complexity index is 599. The molecular weight excluding hydrogens is 290 g/mol. The molecule has 0 aliphatic rings. The molecule has 1 N–H and O–H groups in total. The van der Waals surface area contributed by atoms with Crippen molar-refractivity contribution in [3.8, 4) is 0 Å². The van der Waals surface area contributed by atoms with Crippen molar-refractivity contribution in [2.24, 2.45) is 0 Å². The fraction of sp³-hybridized carbons (Fsp3) is 0.333. The lowest BCUT2D eigenvalue weighted by molar-refractivity contribution is 0.0784. The number of hydrogen-bond donors (Lipinski definition) is 1. The first kappa shape index (κ1) is 17.0. The molecule has 23 heavy (non-hydrogen) atoms. The molecule has 0 spiro atoms. The Morgan fingerprint density at radius 3 is 2.65 bits per heavy atom. The summed E-state index contributed by atoms with van der Waals surface area (Å²) < 4.78 is 4.99. The zero-order valence-corrected chi connectivity index (χ0v) is 13.7. The van der Waals surface area contributed by atoms with Gasteiger partial charge in [0.25, 0.3) is 5.91 Å². The van der Waals surface area contributed by atoms with Gasteiger partial charge in [-0.25, -0.2) is 4.98 Å². The fourth-order valence-electron chi connectivity index (χ4n) is 2.21. The zero-order chi connectivity index (χ0) is 16.5. The van der Waals surface area contributed by atoms with Crippen molar-refractivity contribution in [3.63, 3.8) is 0 Å². The van der Waals surface area contributed by atoms with Crippen molar-refractivity contribution in [1.82, 2.24) is 9.88 Å². The number of amides is 1. The van der Waals surface area contributed by atoms with E-state index >= 15 is 0 Å². The van der Waals surface area contributed by atoms with Gasteiger partial charge >= 0.3 is 0 Å². The molecule has 2 rings (SSSR count). The minimum absolute atomic E-state index is 0.0349. The van der Waals surface area contributed by atoms with Crippen LogP contribution in [0.15, 0.2) is 48.7 Å². The second kappa shape index (κ2) is 8.90. The van der Waals surface area contributed by atoms with Gasteiger partial charge in [0, 0.05) is 40.1 Å². The number of ether oxygens (including phenoxy) is 1. The van der Waals surface area contributed by atoms with Crippen LogP contribution >= 0.6 is 0 Å². The molecule has 5 nitrogen and oxygen atoms in total. The van der Waals surface area contributed by atoms with Crippen molar-refractivity contribution in [3.05, 3.63) is 59.8 Å². The maximum absolute atomic E-state index is 12.4. The average molecular weight is 313 g/mol. The van der Waals surface area contributed by atoms with Gasteiger partial charge in [0.2, 0.25) is 0 Å². The van der Waals surface area contributed by atoms with Crippen molar-refractivity contribution >= 4 is 11.7 Å². The monoisotopic (exact) mass is 313 g/mol. The van der Waals surface area contributed by atoms with E-state index in [4.69, 9.17) is 4.74 Å². The van der Waals surface area contributed by atoms with Gasteiger partial charge in [0.1, 0.15) is 5.82 Å². The Labute approximate surface area is 137 Å².